The zero-order valence-corrected chi connectivity index (χ0v) is 17.7. The Morgan fingerprint density at radius 1 is 0.774 bits per heavy atom. The Balaban J connectivity index is 1.48. The highest BCUT2D eigenvalue weighted by atomic mass is 16.5. The topological polar surface area (TPSA) is 39.9 Å². The van der Waals surface area contributed by atoms with E-state index in [1.165, 1.54) is 22.3 Å². The fourth-order valence-electron chi connectivity index (χ4n) is 4.36. The molecule has 0 N–H and O–H groups in total. The second kappa shape index (κ2) is 9.27. The Morgan fingerprint density at radius 2 is 1.45 bits per heavy atom. The average Bonchev–Trinajstić information content (AvgIpc) is 3.47. The number of hydrogen-bond acceptors (Lipinski definition) is 3. The van der Waals surface area contributed by atoms with E-state index >= 15 is 0 Å². The van der Waals surface area contributed by atoms with E-state index in [0.29, 0.717) is 0 Å². The van der Waals surface area contributed by atoms with Crippen LogP contribution in [0.25, 0.3) is 11.1 Å². The summed E-state index contributed by atoms with van der Waals surface area (Å²) in [7, 11) is 0. The lowest BCUT2D eigenvalue weighted by atomic mass is 9.97. The second-order valence-electron chi connectivity index (χ2n) is 8.14. The fraction of sp³-hybridized carbons (Fsp3) is 0.259. The molecular weight excluding hydrogens is 382 g/mol. The maximum atomic E-state index is 5.95. The smallest absolute Gasteiger partial charge is 0.137 e. The number of hydrogen-bond donors (Lipinski definition) is 0. The van der Waals surface area contributed by atoms with Crippen LogP contribution in [-0.2, 0) is 24.1 Å². The third kappa shape index (κ3) is 4.59. The number of ether oxygens (including phenoxy) is 1. The van der Waals surface area contributed by atoms with Gasteiger partial charge in [-0.15, -0.1) is 10.2 Å². The van der Waals surface area contributed by atoms with Crippen molar-refractivity contribution in [1.29, 1.82) is 0 Å². The molecule has 1 aliphatic heterocycles. The summed E-state index contributed by atoms with van der Waals surface area (Å²) in [4.78, 5) is 0. The zero-order valence-electron chi connectivity index (χ0n) is 17.7. The third-order valence-corrected chi connectivity index (χ3v) is 5.97. The van der Waals surface area contributed by atoms with Gasteiger partial charge in [-0.25, -0.2) is 0 Å². The predicted molar refractivity (Wildman–Crippen MR) is 123 cm³/mol. The fourth-order valence-corrected chi connectivity index (χ4v) is 4.36. The van der Waals surface area contributed by atoms with Crippen molar-refractivity contribution in [3.63, 3.8) is 0 Å². The van der Waals surface area contributed by atoms with Crippen molar-refractivity contribution in [3.05, 3.63) is 108 Å². The van der Waals surface area contributed by atoms with Crippen molar-refractivity contribution in [1.82, 2.24) is 14.8 Å². The molecule has 0 amide bonds. The van der Waals surface area contributed by atoms with Crippen LogP contribution in [0.15, 0.2) is 84.9 Å². The highest BCUT2D eigenvalue weighted by Crippen LogP contribution is 2.26. The van der Waals surface area contributed by atoms with Crippen molar-refractivity contribution in [2.45, 2.75) is 38.3 Å². The van der Waals surface area contributed by atoms with E-state index in [0.717, 1.165) is 50.5 Å². The Hall–Kier alpha value is -3.24. The minimum absolute atomic E-state index is 0.244. The van der Waals surface area contributed by atoms with Gasteiger partial charge < -0.3 is 9.30 Å². The van der Waals surface area contributed by atoms with E-state index in [1.54, 1.807) is 0 Å². The quantitative estimate of drug-likeness (QED) is 0.415. The summed E-state index contributed by atoms with van der Waals surface area (Å²) in [5.74, 6) is 2.01. The van der Waals surface area contributed by atoms with Gasteiger partial charge in [0.05, 0.1) is 12.6 Å². The van der Waals surface area contributed by atoms with Crippen molar-refractivity contribution in [2.75, 3.05) is 6.61 Å². The minimum Gasteiger partial charge on any atom is -0.376 e. The largest absolute Gasteiger partial charge is 0.376 e. The highest BCUT2D eigenvalue weighted by Gasteiger charge is 2.21. The summed E-state index contributed by atoms with van der Waals surface area (Å²) in [6, 6.07) is 29.7. The maximum absolute atomic E-state index is 5.95. The number of benzene rings is 3. The lowest BCUT2D eigenvalue weighted by molar-refractivity contribution is 0.0956. The summed E-state index contributed by atoms with van der Waals surface area (Å²) >= 11 is 0. The van der Waals surface area contributed by atoms with Gasteiger partial charge in [-0.2, -0.15) is 0 Å². The van der Waals surface area contributed by atoms with Gasteiger partial charge in [0.2, 0.25) is 0 Å². The van der Waals surface area contributed by atoms with Gasteiger partial charge in [0.1, 0.15) is 11.6 Å². The number of nitrogens with zero attached hydrogens (tertiary/aromatic N) is 3. The first-order valence-corrected chi connectivity index (χ1v) is 11.1. The monoisotopic (exact) mass is 409 g/mol. The van der Waals surface area contributed by atoms with E-state index < -0.39 is 0 Å². The molecule has 0 aliphatic carbocycles. The molecule has 1 unspecified atom stereocenters. The van der Waals surface area contributed by atoms with Gasteiger partial charge in [0.25, 0.3) is 0 Å². The van der Waals surface area contributed by atoms with E-state index in [2.05, 4.69) is 93.6 Å². The van der Waals surface area contributed by atoms with Crippen LogP contribution < -0.4 is 0 Å². The molecule has 5 rings (SSSR count). The van der Waals surface area contributed by atoms with Gasteiger partial charge in [-0.3, -0.25) is 0 Å². The van der Waals surface area contributed by atoms with E-state index in [1.807, 2.05) is 6.07 Å². The molecule has 2 heterocycles. The van der Waals surface area contributed by atoms with Gasteiger partial charge >= 0.3 is 0 Å². The molecule has 1 saturated heterocycles. The van der Waals surface area contributed by atoms with E-state index in [-0.39, 0.29) is 6.10 Å². The van der Waals surface area contributed by atoms with Crippen molar-refractivity contribution in [2.24, 2.45) is 0 Å². The molecule has 4 heteroatoms. The third-order valence-electron chi connectivity index (χ3n) is 5.97. The first-order chi connectivity index (χ1) is 15.4. The van der Waals surface area contributed by atoms with Gasteiger partial charge in [0.15, 0.2) is 0 Å². The number of rotatable bonds is 7. The molecule has 0 bridgehead atoms. The molecule has 4 aromatic rings. The molecule has 0 saturated carbocycles. The Labute approximate surface area is 183 Å². The predicted octanol–water partition coefficient (Wildman–Crippen LogP) is 5.31. The van der Waals surface area contributed by atoms with Crippen LogP contribution in [0.1, 0.15) is 35.6 Å². The van der Waals surface area contributed by atoms with Crippen molar-refractivity contribution in [3.8, 4) is 11.1 Å². The molecule has 1 aliphatic rings. The summed E-state index contributed by atoms with van der Waals surface area (Å²) in [6.07, 6.45) is 4.00. The van der Waals surface area contributed by atoms with Crippen LogP contribution in [0.4, 0.5) is 0 Å². The van der Waals surface area contributed by atoms with Gasteiger partial charge in [-0.1, -0.05) is 84.9 Å². The van der Waals surface area contributed by atoms with Crippen LogP contribution >= 0.6 is 0 Å². The molecule has 3 aromatic carbocycles. The Morgan fingerprint density at radius 3 is 2.19 bits per heavy atom. The molecule has 156 valence electrons. The first kappa shape index (κ1) is 19.7. The zero-order chi connectivity index (χ0) is 20.9. The van der Waals surface area contributed by atoms with Gasteiger partial charge in [-0.05, 0) is 35.1 Å². The minimum atomic E-state index is 0.244. The van der Waals surface area contributed by atoms with E-state index in [9.17, 15) is 0 Å². The lowest BCUT2D eigenvalue weighted by Gasteiger charge is -2.16. The van der Waals surface area contributed by atoms with Crippen LogP contribution in [-0.4, -0.2) is 27.5 Å². The van der Waals surface area contributed by atoms with Gasteiger partial charge in [0, 0.05) is 19.4 Å². The highest BCUT2D eigenvalue weighted by molar-refractivity contribution is 5.67. The average molecular weight is 410 g/mol. The summed E-state index contributed by atoms with van der Waals surface area (Å²) in [5, 5.41) is 9.25. The normalized spacial score (nSPS) is 15.9. The first-order valence-electron chi connectivity index (χ1n) is 11.1. The molecule has 4 nitrogen and oxygen atoms in total. The second-order valence-corrected chi connectivity index (χ2v) is 8.14. The summed E-state index contributed by atoms with van der Waals surface area (Å²) in [5.41, 5.74) is 4.99. The summed E-state index contributed by atoms with van der Waals surface area (Å²) in [6.45, 7) is 1.67. The van der Waals surface area contributed by atoms with Crippen LogP contribution in [0.3, 0.4) is 0 Å². The molecule has 0 radical (unpaired) electrons. The SMILES string of the molecule is c1ccc(Cc2nnc(Cc3ccccc3-c3ccccc3)n2CC2CCCO2)cc1. The van der Waals surface area contributed by atoms with Crippen LogP contribution in [0.2, 0.25) is 0 Å². The Bertz CT molecular complexity index is 1120. The van der Waals surface area contributed by atoms with Crippen LogP contribution in [0, 0.1) is 0 Å². The van der Waals surface area contributed by atoms with E-state index in [4.69, 9.17) is 4.74 Å². The summed E-state index contributed by atoms with van der Waals surface area (Å²) < 4.78 is 8.25. The number of aromatic nitrogens is 3. The lowest BCUT2D eigenvalue weighted by Crippen LogP contribution is -2.19. The molecule has 1 atom stereocenters. The van der Waals surface area contributed by atoms with Crippen molar-refractivity contribution >= 4 is 0 Å². The molecule has 1 aromatic heterocycles. The molecule has 0 spiro atoms. The standard InChI is InChI=1S/C27H27N3O/c1-3-10-21(11-4-1)18-26-28-29-27(30(26)20-24-15-9-17-31-24)19-23-14-7-8-16-25(23)22-12-5-2-6-13-22/h1-8,10-14,16,24H,9,15,17-20H2. The van der Waals surface area contributed by atoms with Crippen LogP contribution in [0.5, 0.6) is 0 Å². The molecule has 1 fully saturated rings. The maximum Gasteiger partial charge on any atom is 0.137 e. The molecule has 31 heavy (non-hydrogen) atoms. The Kier molecular flexibility index (Phi) is 5.90. The molecular formula is C27H27N3O. The van der Waals surface area contributed by atoms with Crippen molar-refractivity contribution < 1.29 is 4.74 Å².